The lowest BCUT2D eigenvalue weighted by atomic mass is 10.1. The molecule has 0 aromatic heterocycles. The van der Waals surface area contributed by atoms with Crippen molar-refractivity contribution in [3.05, 3.63) is 65.7 Å². The van der Waals surface area contributed by atoms with Gasteiger partial charge in [-0.1, -0.05) is 68.1 Å². The van der Waals surface area contributed by atoms with Gasteiger partial charge in [0, 0.05) is 12.1 Å². The first-order chi connectivity index (χ1) is 14.5. The molecule has 6 nitrogen and oxygen atoms in total. The van der Waals surface area contributed by atoms with E-state index in [1.165, 1.54) is 17.3 Å². The first kappa shape index (κ1) is 20.3. The number of amides is 2. The first-order valence-corrected chi connectivity index (χ1v) is 11.1. The number of nitrogens with one attached hydrogen (secondary N) is 1. The Hall–Kier alpha value is -2.93. The van der Waals surface area contributed by atoms with E-state index < -0.39 is 6.04 Å². The van der Waals surface area contributed by atoms with Crippen LogP contribution in [0.1, 0.15) is 25.0 Å². The van der Waals surface area contributed by atoms with Crippen LogP contribution in [0, 0.1) is 5.92 Å². The zero-order valence-electron chi connectivity index (χ0n) is 17.0. The summed E-state index contributed by atoms with van der Waals surface area (Å²) in [4.78, 5) is 36.3. The van der Waals surface area contributed by atoms with Gasteiger partial charge >= 0.3 is 0 Å². The second kappa shape index (κ2) is 8.83. The number of aliphatic imine (C=N–C) groups is 2. The third-order valence-corrected chi connectivity index (χ3v) is 5.98. The Morgan fingerprint density at radius 3 is 2.63 bits per heavy atom. The minimum atomic E-state index is -0.420. The second-order valence-electron chi connectivity index (χ2n) is 7.60. The quantitative estimate of drug-likeness (QED) is 0.778. The van der Waals surface area contributed by atoms with Crippen LogP contribution in [-0.4, -0.2) is 46.1 Å². The lowest BCUT2D eigenvalue weighted by Crippen LogP contribution is -2.42. The highest BCUT2D eigenvalue weighted by Gasteiger charge is 2.42. The van der Waals surface area contributed by atoms with Crippen molar-refractivity contribution in [3.8, 4) is 0 Å². The molecule has 0 aliphatic carbocycles. The molecular weight excluding hydrogens is 396 g/mol. The van der Waals surface area contributed by atoms with E-state index in [1.54, 1.807) is 4.90 Å². The number of fused-ring (bicyclic) bond motifs is 3. The molecule has 1 N–H and O–H groups in total. The van der Waals surface area contributed by atoms with Gasteiger partial charge in [0.15, 0.2) is 5.17 Å². The summed E-state index contributed by atoms with van der Waals surface area (Å²) < 4.78 is 0. The molecule has 4 rings (SSSR count). The summed E-state index contributed by atoms with van der Waals surface area (Å²) in [5.74, 6) is 0.763. The summed E-state index contributed by atoms with van der Waals surface area (Å²) in [6.07, 6.45) is 0.781. The summed E-state index contributed by atoms with van der Waals surface area (Å²) in [5, 5.41) is 3.45. The molecule has 0 fully saturated rings. The lowest BCUT2D eigenvalue weighted by molar-refractivity contribution is -0.125. The van der Waals surface area contributed by atoms with Crippen LogP contribution in [0.3, 0.4) is 0 Å². The number of nitrogens with zero attached hydrogens (tertiary/aromatic N) is 3. The molecule has 7 heteroatoms. The molecule has 2 aliphatic heterocycles. The molecule has 0 spiro atoms. The number of hydrogen-bond acceptors (Lipinski definition) is 5. The fourth-order valence-corrected chi connectivity index (χ4v) is 4.30. The normalized spacial score (nSPS) is 17.4. The molecule has 0 saturated carbocycles. The molecule has 2 aromatic carbocycles. The smallest absolute Gasteiger partial charge is 0.259 e. The van der Waals surface area contributed by atoms with Gasteiger partial charge < -0.3 is 5.32 Å². The van der Waals surface area contributed by atoms with E-state index in [0.29, 0.717) is 17.5 Å². The van der Waals surface area contributed by atoms with E-state index in [-0.39, 0.29) is 23.5 Å². The van der Waals surface area contributed by atoms with Crippen molar-refractivity contribution in [1.82, 2.24) is 10.2 Å². The Morgan fingerprint density at radius 1 is 1.13 bits per heavy atom. The summed E-state index contributed by atoms with van der Waals surface area (Å²) in [5.41, 5.74) is 2.81. The van der Waals surface area contributed by atoms with Crippen LogP contribution in [0.15, 0.2) is 64.6 Å². The van der Waals surface area contributed by atoms with Crippen LogP contribution < -0.4 is 5.32 Å². The van der Waals surface area contributed by atoms with E-state index >= 15 is 0 Å². The Bertz CT molecular complexity index is 1020. The number of carbonyl (C=O) groups excluding carboxylic acids is 2. The predicted molar refractivity (Wildman–Crippen MR) is 121 cm³/mol. The van der Waals surface area contributed by atoms with E-state index in [9.17, 15) is 9.59 Å². The Kier molecular flexibility index (Phi) is 5.99. The minimum Gasteiger partial charge on any atom is -0.355 e. The number of carbonyl (C=O) groups is 2. The molecule has 2 heterocycles. The van der Waals surface area contributed by atoms with E-state index in [1.807, 2.05) is 68.4 Å². The van der Waals surface area contributed by atoms with Crippen LogP contribution in [0.2, 0.25) is 0 Å². The molecule has 154 valence electrons. The van der Waals surface area contributed by atoms with Crippen LogP contribution in [0.4, 0.5) is 5.69 Å². The molecule has 30 heavy (non-hydrogen) atoms. The van der Waals surface area contributed by atoms with Gasteiger partial charge in [-0.3, -0.25) is 14.6 Å². The third-order valence-electron chi connectivity index (χ3n) is 5.04. The van der Waals surface area contributed by atoms with Gasteiger partial charge in [-0.05, 0) is 30.0 Å². The zero-order valence-corrected chi connectivity index (χ0v) is 17.9. The zero-order chi connectivity index (χ0) is 21.1. The van der Waals surface area contributed by atoms with Gasteiger partial charge in [0.05, 0.1) is 11.4 Å². The van der Waals surface area contributed by atoms with Gasteiger partial charge in [0.25, 0.3) is 5.91 Å². The average Bonchev–Trinajstić information content (AvgIpc) is 3.11. The largest absolute Gasteiger partial charge is 0.355 e. The lowest BCUT2D eigenvalue weighted by Gasteiger charge is -2.25. The number of amidine groups is 2. The summed E-state index contributed by atoms with van der Waals surface area (Å²) in [6.45, 7) is 4.55. The van der Waals surface area contributed by atoms with E-state index in [2.05, 4.69) is 10.3 Å². The van der Waals surface area contributed by atoms with Crippen molar-refractivity contribution >= 4 is 40.3 Å². The fraction of sp³-hybridized carbons (Fsp3) is 0.304. The van der Waals surface area contributed by atoms with E-state index in [0.717, 1.165) is 17.7 Å². The molecule has 0 bridgehead atoms. The van der Waals surface area contributed by atoms with Gasteiger partial charge in [0.2, 0.25) is 5.91 Å². The monoisotopic (exact) mass is 420 g/mol. The molecular formula is C23H24N4O2S. The van der Waals surface area contributed by atoms with Crippen molar-refractivity contribution in [2.75, 3.05) is 12.3 Å². The predicted octanol–water partition coefficient (Wildman–Crippen LogP) is 3.39. The summed E-state index contributed by atoms with van der Waals surface area (Å²) in [6, 6.07) is 17.3. The molecule has 2 amide bonds. The Labute approximate surface area is 180 Å². The number of hydrogen-bond donors (Lipinski definition) is 1. The van der Waals surface area contributed by atoms with Crippen LogP contribution in [0.25, 0.3) is 0 Å². The average molecular weight is 421 g/mol. The molecule has 0 unspecified atom stereocenters. The summed E-state index contributed by atoms with van der Waals surface area (Å²) >= 11 is 1.27. The van der Waals surface area contributed by atoms with Gasteiger partial charge in [0.1, 0.15) is 11.9 Å². The van der Waals surface area contributed by atoms with Gasteiger partial charge in [-0.2, -0.15) is 0 Å². The van der Waals surface area contributed by atoms with Crippen LogP contribution in [-0.2, 0) is 16.0 Å². The van der Waals surface area contributed by atoms with Crippen molar-refractivity contribution < 1.29 is 9.59 Å². The summed E-state index contributed by atoms with van der Waals surface area (Å²) in [7, 11) is 0. The highest BCUT2D eigenvalue weighted by Crippen LogP contribution is 2.34. The Balaban J connectivity index is 1.43. The fourth-order valence-electron chi connectivity index (χ4n) is 3.47. The standard InChI is InChI=1S/C23H24N4O2S/c1-15(2)20-22(29)27-21(26-20)17-10-6-7-11-18(17)25-23(27)30-14-19(28)24-13-12-16-8-4-3-5-9-16/h3-11,15,20H,12-14H2,1-2H3,(H,24,28)/t20-/m0/s1. The topological polar surface area (TPSA) is 74.1 Å². The highest BCUT2D eigenvalue weighted by atomic mass is 32.2. The first-order valence-electron chi connectivity index (χ1n) is 10.1. The molecule has 2 aliphatic rings. The number of thioether (sulfide) groups is 1. The maximum Gasteiger partial charge on any atom is 0.259 e. The molecule has 0 saturated heterocycles. The number of rotatable bonds is 6. The number of para-hydroxylation sites is 1. The Morgan fingerprint density at radius 2 is 1.87 bits per heavy atom. The van der Waals surface area contributed by atoms with Crippen molar-refractivity contribution in [1.29, 1.82) is 0 Å². The van der Waals surface area contributed by atoms with Crippen LogP contribution in [0.5, 0.6) is 0 Å². The third kappa shape index (κ3) is 4.16. The molecule has 0 radical (unpaired) electrons. The van der Waals surface area contributed by atoms with E-state index in [4.69, 9.17) is 4.99 Å². The van der Waals surface area contributed by atoms with Crippen molar-refractivity contribution in [2.45, 2.75) is 26.3 Å². The van der Waals surface area contributed by atoms with Gasteiger partial charge in [-0.25, -0.2) is 9.89 Å². The molecule has 2 aromatic rings. The van der Waals surface area contributed by atoms with Crippen molar-refractivity contribution in [2.24, 2.45) is 15.9 Å². The highest BCUT2D eigenvalue weighted by molar-refractivity contribution is 8.14. The van der Waals surface area contributed by atoms with Crippen LogP contribution >= 0.6 is 11.8 Å². The second-order valence-corrected chi connectivity index (χ2v) is 8.54. The minimum absolute atomic E-state index is 0.0785. The maximum absolute atomic E-state index is 13.0. The number of benzene rings is 2. The van der Waals surface area contributed by atoms with Crippen molar-refractivity contribution in [3.63, 3.8) is 0 Å². The maximum atomic E-state index is 13.0. The SMILES string of the molecule is CC(C)[C@@H]1N=C2c3ccccc3N=C(SCC(=O)NCCc3ccccc3)N2C1=O. The van der Waals surface area contributed by atoms with Gasteiger partial charge in [-0.15, -0.1) is 0 Å². The molecule has 1 atom stereocenters.